The molecule has 0 radical (unpaired) electrons. The molecule has 2 N–H and O–H groups in total. The molecule has 1 heterocycles. The van der Waals surface area contributed by atoms with Gasteiger partial charge in [0.1, 0.15) is 0 Å². The van der Waals surface area contributed by atoms with E-state index in [1.54, 1.807) is 0 Å². The molecule has 0 spiro atoms. The molecule has 1 saturated heterocycles. The Morgan fingerprint density at radius 1 is 1.43 bits per heavy atom. The van der Waals surface area contributed by atoms with Crippen molar-refractivity contribution in [3.05, 3.63) is 34.3 Å². The molecule has 1 aliphatic rings. The molecule has 0 amide bonds. The SMILES string of the molecule is N[C@@H]1CCN(Cc2ccccc2Br)C1. The monoisotopic (exact) mass is 254 g/mol. The number of rotatable bonds is 2. The quantitative estimate of drug-likeness (QED) is 0.875. The van der Waals surface area contributed by atoms with Crippen molar-refractivity contribution in [1.29, 1.82) is 0 Å². The third-order valence-corrected chi connectivity index (χ3v) is 3.43. The first-order valence-electron chi connectivity index (χ1n) is 4.97. The molecule has 0 unspecified atom stereocenters. The number of likely N-dealkylation sites (tertiary alicyclic amines) is 1. The Labute approximate surface area is 93.2 Å². The Hall–Kier alpha value is -0.380. The van der Waals surface area contributed by atoms with Gasteiger partial charge in [0.15, 0.2) is 0 Å². The summed E-state index contributed by atoms with van der Waals surface area (Å²) in [6.45, 7) is 3.17. The summed E-state index contributed by atoms with van der Waals surface area (Å²) < 4.78 is 1.19. The summed E-state index contributed by atoms with van der Waals surface area (Å²) in [6, 6.07) is 8.75. The van der Waals surface area contributed by atoms with E-state index in [0.29, 0.717) is 6.04 Å². The maximum atomic E-state index is 5.86. The van der Waals surface area contributed by atoms with Crippen molar-refractivity contribution in [2.75, 3.05) is 13.1 Å². The molecular formula is C11H15BrN2. The van der Waals surface area contributed by atoms with Gasteiger partial charge >= 0.3 is 0 Å². The van der Waals surface area contributed by atoms with Gasteiger partial charge in [-0.3, -0.25) is 4.90 Å². The number of hydrogen-bond acceptors (Lipinski definition) is 2. The molecule has 1 aromatic carbocycles. The molecule has 0 aliphatic carbocycles. The predicted molar refractivity (Wildman–Crippen MR) is 62.0 cm³/mol. The van der Waals surface area contributed by atoms with E-state index < -0.39 is 0 Å². The minimum Gasteiger partial charge on any atom is -0.326 e. The second kappa shape index (κ2) is 4.43. The number of hydrogen-bond donors (Lipinski definition) is 1. The minimum absolute atomic E-state index is 0.373. The van der Waals surface area contributed by atoms with Crippen molar-refractivity contribution in [2.24, 2.45) is 5.73 Å². The van der Waals surface area contributed by atoms with Crippen LogP contribution in [0, 0.1) is 0 Å². The zero-order valence-electron chi connectivity index (χ0n) is 8.12. The van der Waals surface area contributed by atoms with Gasteiger partial charge in [-0.2, -0.15) is 0 Å². The van der Waals surface area contributed by atoms with E-state index >= 15 is 0 Å². The first-order valence-corrected chi connectivity index (χ1v) is 5.76. The third-order valence-electron chi connectivity index (χ3n) is 2.66. The van der Waals surface area contributed by atoms with Crippen molar-refractivity contribution in [1.82, 2.24) is 4.90 Å². The van der Waals surface area contributed by atoms with Gasteiger partial charge in [0, 0.05) is 30.1 Å². The van der Waals surface area contributed by atoms with E-state index in [0.717, 1.165) is 26.1 Å². The third kappa shape index (κ3) is 2.35. The molecule has 1 aliphatic heterocycles. The highest BCUT2D eigenvalue weighted by Crippen LogP contribution is 2.19. The maximum absolute atomic E-state index is 5.86. The van der Waals surface area contributed by atoms with Crippen LogP contribution in [0.1, 0.15) is 12.0 Å². The number of benzene rings is 1. The molecule has 3 heteroatoms. The zero-order chi connectivity index (χ0) is 9.97. The summed E-state index contributed by atoms with van der Waals surface area (Å²) in [5.41, 5.74) is 7.21. The topological polar surface area (TPSA) is 29.3 Å². The first kappa shape index (κ1) is 10.1. The minimum atomic E-state index is 0.373. The zero-order valence-corrected chi connectivity index (χ0v) is 9.70. The normalized spacial score (nSPS) is 22.9. The van der Waals surface area contributed by atoms with Crippen LogP contribution in [0.15, 0.2) is 28.7 Å². The molecule has 1 atom stereocenters. The van der Waals surface area contributed by atoms with E-state index in [2.05, 4.69) is 39.0 Å². The van der Waals surface area contributed by atoms with E-state index in [-0.39, 0.29) is 0 Å². The smallest absolute Gasteiger partial charge is 0.0245 e. The highest BCUT2D eigenvalue weighted by molar-refractivity contribution is 9.10. The second-order valence-corrected chi connectivity index (χ2v) is 4.73. The molecule has 1 aromatic rings. The van der Waals surface area contributed by atoms with Crippen LogP contribution in [0.5, 0.6) is 0 Å². The molecule has 0 saturated carbocycles. The van der Waals surface area contributed by atoms with Crippen LogP contribution < -0.4 is 5.73 Å². The van der Waals surface area contributed by atoms with Gasteiger partial charge in [0.2, 0.25) is 0 Å². The first-order chi connectivity index (χ1) is 6.75. The molecule has 76 valence electrons. The highest BCUT2D eigenvalue weighted by Gasteiger charge is 2.19. The second-order valence-electron chi connectivity index (χ2n) is 3.88. The van der Waals surface area contributed by atoms with Crippen molar-refractivity contribution < 1.29 is 0 Å². The van der Waals surface area contributed by atoms with Crippen LogP contribution in [0.25, 0.3) is 0 Å². The van der Waals surface area contributed by atoms with Crippen molar-refractivity contribution in [3.8, 4) is 0 Å². The van der Waals surface area contributed by atoms with E-state index in [9.17, 15) is 0 Å². The summed E-state index contributed by atoms with van der Waals surface area (Å²) >= 11 is 3.56. The fourth-order valence-electron chi connectivity index (χ4n) is 1.87. The number of nitrogens with two attached hydrogens (primary N) is 1. The van der Waals surface area contributed by atoms with Gasteiger partial charge in [0.05, 0.1) is 0 Å². The van der Waals surface area contributed by atoms with Gasteiger partial charge < -0.3 is 5.73 Å². The molecule has 2 nitrogen and oxygen atoms in total. The maximum Gasteiger partial charge on any atom is 0.0245 e. The lowest BCUT2D eigenvalue weighted by atomic mass is 10.2. The average molecular weight is 255 g/mol. The number of nitrogens with zero attached hydrogens (tertiary/aromatic N) is 1. The Kier molecular flexibility index (Phi) is 3.21. The van der Waals surface area contributed by atoms with Crippen LogP contribution in [0.3, 0.4) is 0 Å². The van der Waals surface area contributed by atoms with Crippen LogP contribution in [-0.4, -0.2) is 24.0 Å². The van der Waals surface area contributed by atoms with E-state index in [4.69, 9.17) is 5.73 Å². The lowest BCUT2D eigenvalue weighted by Gasteiger charge is -2.15. The summed E-state index contributed by atoms with van der Waals surface area (Å²) in [5, 5.41) is 0. The molecule has 2 rings (SSSR count). The Balaban J connectivity index is 2.01. The molecule has 1 fully saturated rings. The fraction of sp³-hybridized carbons (Fsp3) is 0.455. The predicted octanol–water partition coefficient (Wildman–Crippen LogP) is 1.98. The Morgan fingerprint density at radius 2 is 2.21 bits per heavy atom. The molecule has 14 heavy (non-hydrogen) atoms. The van der Waals surface area contributed by atoms with Crippen LogP contribution in [0.2, 0.25) is 0 Å². The van der Waals surface area contributed by atoms with Gasteiger partial charge in [-0.05, 0) is 18.1 Å². The highest BCUT2D eigenvalue weighted by atomic mass is 79.9. The Morgan fingerprint density at radius 3 is 2.86 bits per heavy atom. The summed E-state index contributed by atoms with van der Waals surface area (Å²) in [5.74, 6) is 0. The van der Waals surface area contributed by atoms with E-state index in [1.807, 2.05) is 6.07 Å². The van der Waals surface area contributed by atoms with Crippen LogP contribution in [-0.2, 0) is 6.54 Å². The van der Waals surface area contributed by atoms with E-state index in [1.165, 1.54) is 10.0 Å². The summed E-state index contributed by atoms with van der Waals surface area (Å²) in [4.78, 5) is 2.41. The van der Waals surface area contributed by atoms with Gasteiger partial charge in [-0.15, -0.1) is 0 Å². The van der Waals surface area contributed by atoms with Gasteiger partial charge in [0.25, 0.3) is 0 Å². The standard InChI is InChI=1S/C11H15BrN2/c12-11-4-2-1-3-9(11)7-14-6-5-10(13)8-14/h1-4,10H,5-8,13H2/t10-/m1/s1. The lowest BCUT2D eigenvalue weighted by molar-refractivity contribution is 0.326. The van der Waals surface area contributed by atoms with Gasteiger partial charge in [-0.1, -0.05) is 34.1 Å². The summed E-state index contributed by atoms with van der Waals surface area (Å²) in [7, 11) is 0. The molecule has 0 aromatic heterocycles. The van der Waals surface area contributed by atoms with Crippen molar-refractivity contribution >= 4 is 15.9 Å². The molecular weight excluding hydrogens is 240 g/mol. The van der Waals surface area contributed by atoms with Gasteiger partial charge in [-0.25, -0.2) is 0 Å². The molecule has 0 bridgehead atoms. The largest absolute Gasteiger partial charge is 0.326 e. The van der Waals surface area contributed by atoms with Crippen molar-refractivity contribution in [3.63, 3.8) is 0 Å². The van der Waals surface area contributed by atoms with Crippen LogP contribution >= 0.6 is 15.9 Å². The number of halogens is 1. The lowest BCUT2D eigenvalue weighted by Crippen LogP contribution is -2.26. The van der Waals surface area contributed by atoms with Crippen LogP contribution in [0.4, 0.5) is 0 Å². The fourth-order valence-corrected chi connectivity index (χ4v) is 2.28. The summed E-state index contributed by atoms with van der Waals surface area (Å²) in [6.07, 6.45) is 1.13. The van der Waals surface area contributed by atoms with Crippen molar-refractivity contribution in [2.45, 2.75) is 19.0 Å². The Bertz CT molecular complexity index is 314. The average Bonchev–Trinajstić information content (AvgIpc) is 2.56.